The molecule has 1 aromatic heterocycles. The van der Waals surface area contributed by atoms with Gasteiger partial charge in [-0.2, -0.15) is 0 Å². The fourth-order valence-electron chi connectivity index (χ4n) is 2.26. The maximum absolute atomic E-state index is 12.4. The summed E-state index contributed by atoms with van der Waals surface area (Å²) in [6.07, 6.45) is 0. The largest absolute Gasteiger partial charge is 0.422 e. The molecule has 7 nitrogen and oxygen atoms in total. The maximum Gasteiger partial charge on any atom is 0.365 e. The Labute approximate surface area is 165 Å². The van der Waals surface area contributed by atoms with E-state index in [1.165, 1.54) is 9.69 Å². The number of hydrogen-bond donors (Lipinski definition) is 2. The van der Waals surface area contributed by atoms with Crippen molar-refractivity contribution in [2.45, 2.75) is 13.0 Å². The maximum atomic E-state index is 12.4. The molecule has 0 aliphatic heterocycles. The lowest BCUT2D eigenvalue weighted by atomic mass is 10.1. The minimum absolute atomic E-state index is 0.147. The van der Waals surface area contributed by atoms with Crippen molar-refractivity contribution in [3.63, 3.8) is 0 Å². The average Bonchev–Trinajstić information content (AvgIpc) is 3.23. The molecule has 2 amide bonds. The molecule has 0 spiro atoms. The third kappa shape index (κ3) is 4.83. The average molecular weight is 400 g/mol. The first-order chi connectivity index (χ1) is 13.0. The molecule has 3 rings (SSSR count). The predicted molar refractivity (Wildman–Crippen MR) is 106 cm³/mol. The van der Waals surface area contributed by atoms with E-state index in [1.807, 2.05) is 37.3 Å². The van der Waals surface area contributed by atoms with Crippen LogP contribution in [0.15, 0.2) is 60.0 Å². The van der Waals surface area contributed by atoms with Crippen LogP contribution in [0.1, 0.15) is 29.0 Å². The summed E-state index contributed by atoms with van der Waals surface area (Å²) in [4.78, 5) is 24.2. The van der Waals surface area contributed by atoms with Crippen molar-refractivity contribution < 1.29 is 14.3 Å². The number of anilines is 1. The molecule has 0 radical (unpaired) electrons. The van der Waals surface area contributed by atoms with E-state index in [0.717, 1.165) is 17.1 Å². The lowest BCUT2D eigenvalue weighted by Gasteiger charge is -2.20. The summed E-state index contributed by atoms with van der Waals surface area (Å²) in [5.41, 5.74) is 1.67. The number of rotatable bonds is 5. The van der Waals surface area contributed by atoms with Crippen LogP contribution in [0.2, 0.25) is 0 Å². The number of benzene rings is 2. The minimum Gasteiger partial charge on any atom is -0.422 e. The number of nitrogens with one attached hydrogen (secondary N) is 1. The summed E-state index contributed by atoms with van der Waals surface area (Å²) in [6, 6.07) is 15.5. The van der Waals surface area contributed by atoms with Crippen LogP contribution in [0, 0.1) is 0 Å². The van der Waals surface area contributed by atoms with Crippen molar-refractivity contribution >= 4 is 42.0 Å². The molecule has 9 heteroatoms. The van der Waals surface area contributed by atoms with E-state index in [1.54, 1.807) is 24.3 Å². The van der Waals surface area contributed by atoms with E-state index in [-0.39, 0.29) is 17.8 Å². The Morgan fingerprint density at radius 2 is 1.85 bits per heavy atom. The highest BCUT2D eigenvalue weighted by molar-refractivity contribution is 7.82. The molecule has 1 atom stereocenters. The fraction of sp³-hybridized carbons (Fsp3) is 0.111. The van der Waals surface area contributed by atoms with Gasteiger partial charge in [0.2, 0.25) is 0 Å². The van der Waals surface area contributed by atoms with Crippen LogP contribution in [0.25, 0.3) is 0 Å². The Kier molecular flexibility index (Phi) is 6.05. The van der Waals surface area contributed by atoms with Crippen molar-refractivity contribution in [1.82, 2.24) is 14.9 Å². The second-order valence-electron chi connectivity index (χ2n) is 5.57. The van der Waals surface area contributed by atoms with Crippen LogP contribution in [-0.4, -0.2) is 21.6 Å². The van der Waals surface area contributed by atoms with E-state index in [0.29, 0.717) is 11.4 Å². The summed E-state index contributed by atoms with van der Waals surface area (Å²) in [5, 5.41) is 8.03. The third-order valence-electron chi connectivity index (χ3n) is 3.69. The number of esters is 1. The summed E-state index contributed by atoms with van der Waals surface area (Å²) in [7, 11) is 0. The van der Waals surface area contributed by atoms with Gasteiger partial charge < -0.3 is 10.1 Å². The van der Waals surface area contributed by atoms with Gasteiger partial charge in [0.05, 0.1) is 11.7 Å². The number of aromatic nitrogens is 2. The van der Waals surface area contributed by atoms with E-state index < -0.39 is 5.97 Å². The molecule has 0 fully saturated rings. The van der Waals surface area contributed by atoms with E-state index in [4.69, 9.17) is 4.74 Å². The normalized spacial score (nSPS) is 11.5. The van der Waals surface area contributed by atoms with Gasteiger partial charge in [0.15, 0.2) is 5.69 Å². The standard InChI is InChI=1S/C18H16N4O3S2/c1-12(13-5-3-2-4-6-13)19-18(24)22(26)14-7-9-15(10-8-14)25-17(23)16-11-27-21-20-16/h2-12,26H,1H3,(H,19,24). The third-order valence-corrected chi connectivity index (χ3v) is 4.61. The molecule has 1 heterocycles. The zero-order valence-electron chi connectivity index (χ0n) is 14.3. The zero-order chi connectivity index (χ0) is 19.2. The number of carbonyl (C=O) groups is 2. The zero-order valence-corrected chi connectivity index (χ0v) is 16.0. The first kappa shape index (κ1) is 18.9. The smallest absolute Gasteiger partial charge is 0.365 e. The highest BCUT2D eigenvalue weighted by atomic mass is 32.1. The molecule has 0 aliphatic rings. The van der Waals surface area contributed by atoms with Gasteiger partial charge in [-0.25, -0.2) is 13.9 Å². The van der Waals surface area contributed by atoms with Gasteiger partial charge in [-0.1, -0.05) is 47.6 Å². The van der Waals surface area contributed by atoms with Crippen molar-refractivity contribution in [2.75, 3.05) is 4.31 Å². The number of hydrogen-bond acceptors (Lipinski definition) is 7. The van der Waals surface area contributed by atoms with Gasteiger partial charge in [-0.05, 0) is 48.3 Å². The molecule has 3 aromatic rings. The first-order valence-electron chi connectivity index (χ1n) is 7.98. The summed E-state index contributed by atoms with van der Waals surface area (Å²) in [5.74, 6) is -0.259. The van der Waals surface area contributed by atoms with Gasteiger partial charge >= 0.3 is 12.0 Å². The van der Waals surface area contributed by atoms with E-state index >= 15 is 0 Å². The lowest BCUT2D eigenvalue weighted by Crippen LogP contribution is -2.35. The SMILES string of the molecule is CC(NC(=O)N(S)c1ccc(OC(=O)c2csnn2)cc1)c1ccccc1. The second-order valence-corrected chi connectivity index (χ2v) is 6.58. The van der Waals surface area contributed by atoms with Gasteiger partial charge in [-0.15, -0.1) is 5.10 Å². The highest BCUT2D eigenvalue weighted by Crippen LogP contribution is 2.22. The fourth-order valence-corrected chi connectivity index (χ4v) is 2.87. The molecule has 1 unspecified atom stereocenters. The molecule has 2 aromatic carbocycles. The number of thiol groups is 1. The Bertz CT molecular complexity index is 902. The quantitative estimate of drug-likeness (QED) is 0.386. The van der Waals surface area contributed by atoms with Gasteiger partial charge in [0.1, 0.15) is 5.75 Å². The molecule has 0 saturated heterocycles. The summed E-state index contributed by atoms with van der Waals surface area (Å²) in [6.45, 7) is 1.89. The minimum atomic E-state index is -0.589. The molecule has 138 valence electrons. The molecule has 27 heavy (non-hydrogen) atoms. The number of ether oxygens (including phenoxy) is 1. The predicted octanol–water partition coefficient (Wildman–Crippen LogP) is 3.88. The van der Waals surface area contributed by atoms with Crippen molar-refractivity contribution in [2.24, 2.45) is 0 Å². The molecule has 0 aliphatic carbocycles. The lowest BCUT2D eigenvalue weighted by molar-refractivity contribution is 0.0728. The molecular weight excluding hydrogens is 384 g/mol. The topological polar surface area (TPSA) is 84.4 Å². The van der Waals surface area contributed by atoms with Crippen LogP contribution < -0.4 is 14.4 Å². The monoisotopic (exact) mass is 400 g/mol. The van der Waals surface area contributed by atoms with Gasteiger partial charge in [-0.3, -0.25) is 0 Å². The molecule has 0 bridgehead atoms. The highest BCUT2D eigenvalue weighted by Gasteiger charge is 2.16. The van der Waals surface area contributed by atoms with Crippen LogP contribution in [-0.2, 0) is 0 Å². The number of carbonyl (C=O) groups excluding carboxylic acids is 2. The van der Waals surface area contributed by atoms with Gasteiger partial charge in [0.25, 0.3) is 0 Å². The number of nitrogens with zero attached hydrogens (tertiary/aromatic N) is 3. The number of urea groups is 1. The first-order valence-corrected chi connectivity index (χ1v) is 9.22. The molecule has 0 saturated carbocycles. The van der Waals surface area contributed by atoms with E-state index in [2.05, 4.69) is 27.7 Å². The van der Waals surface area contributed by atoms with Crippen LogP contribution in [0.3, 0.4) is 0 Å². The van der Waals surface area contributed by atoms with Crippen LogP contribution in [0.4, 0.5) is 10.5 Å². The van der Waals surface area contributed by atoms with Crippen LogP contribution in [0.5, 0.6) is 5.75 Å². The Morgan fingerprint density at radius 3 is 2.48 bits per heavy atom. The Morgan fingerprint density at radius 1 is 1.15 bits per heavy atom. The Balaban J connectivity index is 1.60. The Hall–Kier alpha value is -2.91. The van der Waals surface area contributed by atoms with Crippen molar-refractivity contribution in [1.29, 1.82) is 0 Å². The summed E-state index contributed by atoms with van der Waals surface area (Å²) >= 11 is 5.32. The summed E-state index contributed by atoms with van der Waals surface area (Å²) < 4.78 is 10.0. The molecular formula is C18H16N4O3S2. The van der Waals surface area contributed by atoms with Crippen molar-refractivity contribution in [3.05, 3.63) is 71.2 Å². The van der Waals surface area contributed by atoms with Crippen molar-refractivity contribution in [3.8, 4) is 5.75 Å². The van der Waals surface area contributed by atoms with Crippen LogP contribution >= 0.6 is 24.3 Å². The number of amides is 2. The van der Waals surface area contributed by atoms with E-state index in [9.17, 15) is 9.59 Å². The second kappa shape index (κ2) is 8.65. The molecule has 1 N–H and O–H groups in total. The van der Waals surface area contributed by atoms with Gasteiger partial charge in [0, 0.05) is 5.38 Å².